The maximum Gasteiger partial charge on any atom is 0.306 e. The van der Waals surface area contributed by atoms with Crippen LogP contribution in [0.1, 0.15) is 64.2 Å². The Kier molecular flexibility index (Phi) is 8.05. The summed E-state index contributed by atoms with van der Waals surface area (Å²) in [6.45, 7) is 11.6. The Bertz CT molecular complexity index is 1080. The smallest absolute Gasteiger partial charge is 0.306 e. The molecule has 0 aliphatic heterocycles. The zero-order valence-electron chi connectivity index (χ0n) is 19.9. The average Bonchev–Trinajstić information content (AvgIpc) is 2.68. The van der Waals surface area contributed by atoms with E-state index in [1.165, 1.54) is 0 Å². The summed E-state index contributed by atoms with van der Waals surface area (Å²) in [7, 11) is -3.60. The standard InChI is InChI=1S/C25H33ClO5S/c1-8-25(9-2,18-10-12-21(17(3)14-18)31-32(7,28)29)19-11-13-22(20(26)15-19)30-16-23(27)24(4,5)6/h10-15H,8-9,16H2,1-7H3. The van der Waals surface area contributed by atoms with Crippen LogP contribution in [0.15, 0.2) is 36.4 Å². The molecule has 0 bridgehead atoms. The fourth-order valence-electron chi connectivity index (χ4n) is 3.71. The molecule has 5 nitrogen and oxygen atoms in total. The van der Waals surface area contributed by atoms with Crippen LogP contribution in [0.4, 0.5) is 0 Å². The van der Waals surface area contributed by atoms with Crippen molar-refractivity contribution in [3.63, 3.8) is 0 Å². The molecule has 0 heterocycles. The second kappa shape index (κ2) is 9.84. The number of ether oxygens (including phenoxy) is 1. The molecule has 0 amide bonds. The van der Waals surface area contributed by atoms with Crippen molar-refractivity contribution in [3.8, 4) is 11.5 Å². The van der Waals surface area contributed by atoms with Crippen LogP contribution in [0.25, 0.3) is 0 Å². The summed E-state index contributed by atoms with van der Waals surface area (Å²) in [6.07, 6.45) is 2.66. The summed E-state index contributed by atoms with van der Waals surface area (Å²) < 4.78 is 33.8. The second-order valence-electron chi connectivity index (χ2n) is 9.16. The van der Waals surface area contributed by atoms with Crippen LogP contribution in [0.5, 0.6) is 11.5 Å². The number of halogens is 1. The Morgan fingerprint density at radius 3 is 1.94 bits per heavy atom. The van der Waals surface area contributed by atoms with Gasteiger partial charge in [0.25, 0.3) is 0 Å². The molecule has 0 unspecified atom stereocenters. The maximum absolute atomic E-state index is 12.2. The number of aryl methyl sites for hydroxylation is 1. The Morgan fingerprint density at radius 2 is 1.50 bits per heavy atom. The van der Waals surface area contributed by atoms with Gasteiger partial charge in [0.05, 0.1) is 11.3 Å². The van der Waals surface area contributed by atoms with Crippen LogP contribution in [0, 0.1) is 12.3 Å². The normalized spacial score (nSPS) is 12.5. The molecule has 0 atom stereocenters. The molecule has 2 aromatic carbocycles. The first-order valence-corrected chi connectivity index (χ1v) is 12.9. The minimum absolute atomic E-state index is 0.000911. The second-order valence-corrected chi connectivity index (χ2v) is 11.1. The lowest BCUT2D eigenvalue weighted by Gasteiger charge is -2.34. The third-order valence-electron chi connectivity index (χ3n) is 5.86. The van der Waals surface area contributed by atoms with E-state index in [0.717, 1.165) is 35.8 Å². The third-order valence-corrected chi connectivity index (χ3v) is 6.63. The number of carbonyl (C=O) groups excluding carboxylic acids is 1. The number of benzene rings is 2. The molecule has 2 rings (SSSR count). The molecule has 0 fully saturated rings. The molecule has 0 spiro atoms. The highest BCUT2D eigenvalue weighted by atomic mass is 35.5. The van der Waals surface area contributed by atoms with Crippen molar-refractivity contribution < 1.29 is 22.1 Å². The van der Waals surface area contributed by atoms with E-state index in [0.29, 0.717) is 16.5 Å². The first kappa shape index (κ1) is 26.2. The Labute approximate surface area is 197 Å². The molecular weight excluding hydrogens is 448 g/mol. The number of carbonyl (C=O) groups is 1. The van der Waals surface area contributed by atoms with Crippen molar-refractivity contribution >= 4 is 27.5 Å². The average molecular weight is 481 g/mol. The monoisotopic (exact) mass is 480 g/mol. The highest BCUT2D eigenvalue weighted by Gasteiger charge is 2.32. The van der Waals surface area contributed by atoms with Gasteiger partial charge in [-0.15, -0.1) is 0 Å². The van der Waals surface area contributed by atoms with Gasteiger partial charge in [-0.2, -0.15) is 8.42 Å². The van der Waals surface area contributed by atoms with Gasteiger partial charge in [0.2, 0.25) is 0 Å². The predicted octanol–water partition coefficient (Wildman–Crippen LogP) is 6.09. The van der Waals surface area contributed by atoms with Crippen LogP contribution in [-0.4, -0.2) is 27.1 Å². The summed E-state index contributed by atoms with van der Waals surface area (Å²) in [6, 6.07) is 11.2. The lowest BCUT2D eigenvalue weighted by Crippen LogP contribution is -2.27. The molecule has 0 saturated carbocycles. The summed E-state index contributed by atoms with van der Waals surface area (Å²) >= 11 is 6.54. The van der Waals surface area contributed by atoms with Crippen molar-refractivity contribution in [2.24, 2.45) is 5.41 Å². The zero-order chi connectivity index (χ0) is 24.3. The van der Waals surface area contributed by atoms with Crippen LogP contribution in [0.3, 0.4) is 0 Å². The maximum atomic E-state index is 12.2. The topological polar surface area (TPSA) is 69.7 Å². The lowest BCUT2D eigenvalue weighted by atomic mass is 9.70. The van der Waals surface area contributed by atoms with Gasteiger partial charge < -0.3 is 8.92 Å². The Hall–Kier alpha value is -2.05. The summed E-state index contributed by atoms with van der Waals surface area (Å²) in [4.78, 5) is 12.2. The highest BCUT2D eigenvalue weighted by molar-refractivity contribution is 7.86. The molecule has 0 aromatic heterocycles. The van der Waals surface area contributed by atoms with Gasteiger partial charge in [-0.3, -0.25) is 4.79 Å². The molecular formula is C25H33ClO5S. The van der Waals surface area contributed by atoms with Crippen LogP contribution >= 0.6 is 11.6 Å². The minimum Gasteiger partial charge on any atom is -0.484 e. The van der Waals surface area contributed by atoms with Gasteiger partial charge in [0.15, 0.2) is 5.78 Å². The van der Waals surface area contributed by atoms with Crippen molar-refractivity contribution in [1.29, 1.82) is 0 Å². The molecule has 0 radical (unpaired) electrons. The van der Waals surface area contributed by atoms with E-state index in [1.807, 2.05) is 58.0 Å². The van der Waals surface area contributed by atoms with Crippen molar-refractivity contribution in [1.82, 2.24) is 0 Å². The van der Waals surface area contributed by atoms with Crippen molar-refractivity contribution in [2.45, 2.75) is 59.8 Å². The van der Waals surface area contributed by atoms with Crippen LogP contribution in [0.2, 0.25) is 5.02 Å². The van der Waals surface area contributed by atoms with E-state index < -0.39 is 15.5 Å². The fourth-order valence-corrected chi connectivity index (χ4v) is 4.46. The van der Waals surface area contributed by atoms with E-state index in [4.69, 9.17) is 20.5 Å². The highest BCUT2D eigenvalue weighted by Crippen LogP contribution is 2.42. The van der Waals surface area contributed by atoms with Crippen LogP contribution < -0.4 is 8.92 Å². The molecule has 0 N–H and O–H groups in total. The van der Waals surface area contributed by atoms with E-state index in [2.05, 4.69) is 13.8 Å². The zero-order valence-corrected chi connectivity index (χ0v) is 21.5. The largest absolute Gasteiger partial charge is 0.484 e. The van der Waals surface area contributed by atoms with Gasteiger partial charge in [0, 0.05) is 10.8 Å². The van der Waals surface area contributed by atoms with E-state index in [9.17, 15) is 13.2 Å². The van der Waals surface area contributed by atoms with Crippen molar-refractivity contribution in [3.05, 3.63) is 58.1 Å². The molecule has 0 aliphatic carbocycles. The summed E-state index contributed by atoms with van der Waals surface area (Å²) in [5.74, 6) is 0.797. The van der Waals surface area contributed by atoms with E-state index >= 15 is 0 Å². The van der Waals surface area contributed by atoms with Crippen molar-refractivity contribution in [2.75, 3.05) is 12.9 Å². The fraction of sp³-hybridized carbons (Fsp3) is 0.480. The number of Topliss-reactive ketones (excluding diaryl/α,β-unsaturated/α-hetero) is 1. The third kappa shape index (κ3) is 6.04. The SMILES string of the molecule is CCC(CC)(c1ccc(OS(C)(=O)=O)c(C)c1)c1ccc(OCC(=O)C(C)(C)C)c(Cl)c1. The molecule has 0 aliphatic rings. The molecule has 176 valence electrons. The van der Waals surface area contributed by atoms with Gasteiger partial charge in [-0.25, -0.2) is 0 Å². The van der Waals surface area contributed by atoms with Gasteiger partial charge >= 0.3 is 10.1 Å². The molecule has 2 aromatic rings. The molecule has 0 saturated heterocycles. The quantitative estimate of drug-likeness (QED) is 0.406. The van der Waals surface area contributed by atoms with Crippen LogP contribution in [-0.2, 0) is 20.3 Å². The summed E-state index contributed by atoms with van der Waals surface area (Å²) in [5, 5.41) is 0.448. The molecule has 32 heavy (non-hydrogen) atoms. The number of rotatable bonds is 9. The Morgan fingerprint density at radius 1 is 0.969 bits per heavy atom. The van der Waals surface area contributed by atoms with Gasteiger partial charge in [-0.1, -0.05) is 64.4 Å². The predicted molar refractivity (Wildman–Crippen MR) is 129 cm³/mol. The lowest BCUT2D eigenvalue weighted by molar-refractivity contribution is -0.128. The Balaban J connectivity index is 2.40. The molecule has 7 heteroatoms. The van der Waals surface area contributed by atoms with E-state index in [-0.39, 0.29) is 17.8 Å². The number of hydrogen-bond acceptors (Lipinski definition) is 5. The first-order chi connectivity index (χ1) is 14.7. The van der Waals surface area contributed by atoms with E-state index in [1.54, 1.807) is 6.07 Å². The van der Waals surface area contributed by atoms with Gasteiger partial charge in [-0.05, 0) is 54.7 Å². The van der Waals surface area contributed by atoms with Gasteiger partial charge in [0.1, 0.15) is 18.1 Å². The first-order valence-electron chi connectivity index (χ1n) is 10.7. The minimum atomic E-state index is -3.60. The number of ketones is 1. The summed E-state index contributed by atoms with van der Waals surface area (Å²) in [5.41, 5.74) is 2.02. The number of hydrogen-bond donors (Lipinski definition) is 0.